The summed E-state index contributed by atoms with van der Waals surface area (Å²) in [5.41, 5.74) is 2.30. The summed E-state index contributed by atoms with van der Waals surface area (Å²) in [6.07, 6.45) is 1.68. The number of aryl methyl sites for hydroxylation is 1. The van der Waals surface area contributed by atoms with Crippen LogP contribution in [0, 0.1) is 0 Å². The van der Waals surface area contributed by atoms with Crippen LogP contribution < -0.4 is 9.47 Å². The van der Waals surface area contributed by atoms with Crippen LogP contribution in [0.3, 0.4) is 0 Å². The van der Waals surface area contributed by atoms with E-state index in [0.717, 1.165) is 41.2 Å². The van der Waals surface area contributed by atoms with Crippen LogP contribution in [-0.2, 0) is 16.4 Å². The lowest BCUT2D eigenvalue weighted by molar-refractivity contribution is 0.174. The molecule has 0 bridgehead atoms. The maximum atomic E-state index is 13.0. The summed E-state index contributed by atoms with van der Waals surface area (Å²) >= 11 is 1.80. The number of nitrogens with zero attached hydrogens (tertiary/aromatic N) is 1. The summed E-state index contributed by atoms with van der Waals surface area (Å²) in [5, 5.41) is 0.252. The maximum absolute atomic E-state index is 13.0. The fourth-order valence-corrected chi connectivity index (χ4v) is 6.21. The Balaban J connectivity index is 1.49. The zero-order chi connectivity index (χ0) is 18.9. The number of sulfonamides is 1. The highest BCUT2D eigenvalue weighted by Gasteiger charge is 2.29. The van der Waals surface area contributed by atoms with Gasteiger partial charge in [-0.1, -0.05) is 25.1 Å². The molecule has 0 spiro atoms. The Labute approximate surface area is 164 Å². The predicted molar refractivity (Wildman–Crippen MR) is 107 cm³/mol. The zero-order valence-corrected chi connectivity index (χ0v) is 16.9. The molecule has 0 aromatic heterocycles. The predicted octanol–water partition coefficient (Wildman–Crippen LogP) is 3.85. The van der Waals surface area contributed by atoms with E-state index in [-0.39, 0.29) is 12.0 Å². The molecule has 0 saturated carbocycles. The van der Waals surface area contributed by atoms with E-state index in [1.807, 2.05) is 24.3 Å². The Morgan fingerprint density at radius 3 is 2.63 bits per heavy atom. The van der Waals surface area contributed by atoms with Gasteiger partial charge in [-0.05, 0) is 48.2 Å². The first-order chi connectivity index (χ1) is 13.1. The second-order valence-corrected chi connectivity index (χ2v) is 9.91. The smallest absolute Gasteiger partial charge is 0.243 e. The minimum atomic E-state index is -3.45. The molecule has 7 heteroatoms. The molecule has 5 nitrogen and oxygen atoms in total. The fraction of sp³-hybridized carbons (Fsp3) is 0.400. The van der Waals surface area contributed by atoms with Crippen LogP contribution in [0.4, 0.5) is 0 Å². The molecular formula is C20H23NO4S2. The van der Waals surface area contributed by atoms with Gasteiger partial charge in [-0.2, -0.15) is 16.1 Å². The van der Waals surface area contributed by atoms with E-state index >= 15 is 0 Å². The SMILES string of the molecule is CCc1ccc(S(=O)(=O)N2CCSC(c3ccc4c(c3)OCO4)CC2)cc1. The van der Waals surface area contributed by atoms with E-state index in [0.29, 0.717) is 18.0 Å². The molecule has 2 aliphatic rings. The van der Waals surface area contributed by atoms with Crippen molar-refractivity contribution in [1.82, 2.24) is 4.31 Å². The molecule has 0 radical (unpaired) electrons. The lowest BCUT2D eigenvalue weighted by atomic mass is 10.1. The van der Waals surface area contributed by atoms with E-state index in [1.54, 1.807) is 28.2 Å². The van der Waals surface area contributed by atoms with Crippen molar-refractivity contribution in [1.29, 1.82) is 0 Å². The van der Waals surface area contributed by atoms with Crippen molar-refractivity contribution < 1.29 is 17.9 Å². The maximum Gasteiger partial charge on any atom is 0.243 e. The van der Waals surface area contributed by atoms with Crippen molar-refractivity contribution in [2.45, 2.75) is 29.9 Å². The van der Waals surface area contributed by atoms with Crippen molar-refractivity contribution in [3.8, 4) is 11.5 Å². The largest absolute Gasteiger partial charge is 0.454 e. The highest BCUT2D eigenvalue weighted by Crippen LogP contribution is 2.40. The first-order valence-electron chi connectivity index (χ1n) is 9.18. The van der Waals surface area contributed by atoms with Gasteiger partial charge in [0.15, 0.2) is 11.5 Å². The molecule has 2 aromatic carbocycles. The van der Waals surface area contributed by atoms with Crippen LogP contribution in [0.1, 0.15) is 29.7 Å². The van der Waals surface area contributed by atoms with Gasteiger partial charge < -0.3 is 9.47 Å². The highest BCUT2D eigenvalue weighted by molar-refractivity contribution is 7.99. The summed E-state index contributed by atoms with van der Waals surface area (Å²) in [4.78, 5) is 0.381. The quantitative estimate of drug-likeness (QED) is 0.773. The second-order valence-electron chi connectivity index (χ2n) is 6.66. The summed E-state index contributed by atoms with van der Waals surface area (Å²) in [5.74, 6) is 2.32. The van der Waals surface area contributed by atoms with E-state index in [4.69, 9.17) is 9.47 Å². The standard InChI is InChI=1S/C20H23NO4S2/c1-2-15-3-6-17(7-4-15)27(22,23)21-10-9-20(26-12-11-21)16-5-8-18-19(13-16)25-14-24-18/h3-8,13,20H,2,9-12,14H2,1H3. The summed E-state index contributed by atoms with van der Waals surface area (Å²) in [7, 11) is -3.45. The number of ether oxygens (including phenoxy) is 2. The molecule has 2 heterocycles. The van der Waals surface area contributed by atoms with Crippen LogP contribution in [0.5, 0.6) is 11.5 Å². The Kier molecular flexibility index (Phi) is 5.34. The zero-order valence-electron chi connectivity index (χ0n) is 15.3. The molecule has 1 fully saturated rings. The molecule has 0 N–H and O–H groups in total. The van der Waals surface area contributed by atoms with Crippen molar-refractivity contribution in [3.63, 3.8) is 0 Å². The van der Waals surface area contributed by atoms with Gasteiger partial charge in [0.25, 0.3) is 0 Å². The van der Waals surface area contributed by atoms with E-state index < -0.39 is 10.0 Å². The third-order valence-corrected chi connectivity index (χ3v) is 8.28. The van der Waals surface area contributed by atoms with Gasteiger partial charge in [-0.15, -0.1) is 0 Å². The first-order valence-corrected chi connectivity index (χ1v) is 11.7. The van der Waals surface area contributed by atoms with E-state index in [2.05, 4.69) is 13.0 Å². The van der Waals surface area contributed by atoms with Gasteiger partial charge >= 0.3 is 0 Å². The van der Waals surface area contributed by atoms with Crippen molar-refractivity contribution in [2.24, 2.45) is 0 Å². The number of benzene rings is 2. The second kappa shape index (κ2) is 7.73. The monoisotopic (exact) mass is 405 g/mol. The van der Waals surface area contributed by atoms with E-state index in [1.165, 1.54) is 0 Å². The Morgan fingerprint density at radius 1 is 1.07 bits per heavy atom. The van der Waals surface area contributed by atoms with Gasteiger partial charge in [-0.3, -0.25) is 0 Å². The number of fused-ring (bicyclic) bond motifs is 1. The van der Waals surface area contributed by atoms with Crippen LogP contribution in [0.25, 0.3) is 0 Å². The van der Waals surface area contributed by atoms with Crippen molar-refractivity contribution in [3.05, 3.63) is 53.6 Å². The lowest BCUT2D eigenvalue weighted by Crippen LogP contribution is -2.33. The third kappa shape index (κ3) is 3.81. The topological polar surface area (TPSA) is 55.8 Å². The van der Waals surface area contributed by atoms with Gasteiger partial charge in [0.05, 0.1) is 4.90 Å². The molecule has 2 aliphatic heterocycles. The number of hydrogen-bond acceptors (Lipinski definition) is 5. The van der Waals surface area contributed by atoms with E-state index in [9.17, 15) is 8.42 Å². The molecule has 0 amide bonds. The summed E-state index contributed by atoms with van der Waals surface area (Å²) < 4.78 is 38.5. The first kappa shape index (κ1) is 18.7. The van der Waals surface area contributed by atoms with Crippen LogP contribution in [-0.4, -0.2) is 38.4 Å². The normalized spacial score (nSPS) is 20.4. The molecule has 27 heavy (non-hydrogen) atoms. The van der Waals surface area contributed by atoms with Gasteiger partial charge in [0.2, 0.25) is 16.8 Å². The Morgan fingerprint density at radius 2 is 1.85 bits per heavy atom. The number of thioether (sulfide) groups is 1. The van der Waals surface area contributed by atoms with Crippen LogP contribution >= 0.6 is 11.8 Å². The van der Waals surface area contributed by atoms with Crippen LogP contribution in [0.2, 0.25) is 0 Å². The highest BCUT2D eigenvalue weighted by atomic mass is 32.2. The molecule has 2 aromatic rings. The molecule has 1 saturated heterocycles. The summed E-state index contributed by atoms with van der Waals surface area (Å²) in [6.45, 7) is 3.37. The lowest BCUT2D eigenvalue weighted by Gasteiger charge is -2.20. The van der Waals surface area contributed by atoms with Crippen molar-refractivity contribution >= 4 is 21.8 Å². The molecule has 1 unspecified atom stereocenters. The van der Waals surface area contributed by atoms with Crippen molar-refractivity contribution in [2.75, 3.05) is 25.6 Å². The minimum absolute atomic E-state index is 0.252. The Hall–Kier alpha value is -1.70. The molecule has 1 atom stereocenters. The molecular weight excluding hydrogens is 382 g/mol. The average Bonchev–Trinajstić information content (AvgIpc) is 3.01. The third-order valence-electron chi connectivity index (χ3n) is 5.04. The van der Waals surface area contributed by atoms with Gasteiger partial charge in [0.1, 0.15) is 0 Å². The van der Waals surface area contributed by atoms with Crippen LogP contribution in [0.15, 0.2) is 47.4 Å². The Bertz CT molecular complexity index is 912. The molecule has 144 valence electrons. The van der Waals surface area contributed by atoms with Gasteiger partial charge in [-0.25, -0.2) is 8.42 Å². The molecule has 4 rings (SSSR count). The average molecular weight is 406 g/mol. The fourth-order valence-electron chi connectivity index (χ4n) is 3.42. The number of rotatable bonds is 4. The molecule has 0 aliphatic carbocycles. The number of hydrogen-bond donors (Lipinski definition) is 0. The van der Waals surface area contributed by atoms with Gasteiger partial charge in [0, 0.05) is 24.1 Å². The summed E-state index contributed by atoms with van der Waals surface area (Å²) in [6, 6.07) is 13.3. The minimum Gasteiger partial charge on any atom is -0.454 e.